The van der Waals surface area contributed by atoms with Crippen LogP contribution in [0.15, 0.2) is 18.2 Å². The SMILES string of the molecule is CC(C)C1(Oc2cc(C(=O)OCCS(=O)(=O)O)ccc2F)CC2C3CCC(C3)C2C1. The zero-order valence-electron chi connectivity index (χ0n) is 17.3. The summed E-state index contributed by atoms with van der Waals surface area (Å²) in [6.07, 6.45) is 5.74. The standard InChI is InChI=1S/C22H29FO6S/c1-13(2)22(11-17-14-3-4-15(9-14)18(17)12-22)29-20-10-16(5-6-19(20)23)21(24)28-7-8-30(25,26)27/h5-6,10,13-15,17-18H,3-4,7-9,11-12H2,1-2H3,(H,25,26,27). The molecule has 3 saturated carbocycles. The Bertz CT molecular complexity index is 910. The molecular weight excluding hydrogens is 411 g/mol. The largest absolute Gasteiger partial charge is 0.484 e. The lowest BCUT2D eigenvalue weighted by molar-refractivity contribution is 0.0140. The number of esters is 1. The van der Waals surface area contributed by atoms with Gasteiger partial charge in [0.15, 0.2) is 11.6 Å². The molecule has 0 amide bonds. The van der Waals surface area contributed by atoms with Gasteiger partial charge in [0.2, 0.25) is 0 Å². The Morgan fingerprint density at radius 3 is 2.43 bits per heavy atom. The van der Waals surface area contributed by atoms with Crippen molar-refractivity contribution in [1.82, 2.24) is 0 Å². The molecular formula is C22H29FO6S. The predicted molar refractivity (Wildman–Crippen MR) is 108 cm³/mol. The molecule has 30 heavy (non-hydrogen) atoms. The van der Waals surface area contributed by atoms with Crippen LogP contribution < -0.4 is 4.74 Å². The molecule has 3 aliphatic rings. The molecule has 0 spiro atoms. The first-order valence-corrected chi connectivity index (χ1v) is 12.3. The van der Waals surface area contributed by atoms with Gasteiger partial charge in [-0.2, -0.15) is 8.42 Å². The minimum atomic E-state index is -4.22. The van der Waals surface area contributed by atoms with Gasteiger partial charge >= 0.3 is 5.97 Å². The maximum absolute atomic E-state index is 14.6. The van der Waals surface area contributed by atoms with Crippen LogP contribution in [0.1, 0.15) is 56.3 Å². The molecule has 6 nitrogen and oxygen atoms in total. The van der Waals surface area contributed by atoms with Crippen LogP contribution in [0.3, 0.4) is 0 Å². The van der Waals surface area contributed by atoms with Crippen molar-refractivity contribution in [3.8, 4) is 5.75 Å². The summed E-state index contributed by atoms with van der Waals surface area (Å²) in [4.78, 5) is 12.2. The molecule has 4 atom stereocenters. The Morgan fingerprint density at radius 2 is 1.87 bits per heavy atom. The maximum Gasteiger partial charge on any atom is 0.338 e. The Labute approximate surface area is 176 Å². The van der Waals surface area contributed by atoms with E-state index in [1.165, 1.54) is 37.5 Å². The summed E-state index contributed by atoms with van der Waals surface area (Å²) in [5, 5.41) is 0. The molecule has 0 heterocycles. The summed E-state index contributed by atoms with van der Waals surface area (Å²) in [7, 11) is -4.22. The highest BCUT2D eigenvalue weighted by atomic mass is 32.2. The molecule has 4 rings (SSSR count). The molecule has 0 radical (unpaired) electrons. The summed E-state index contributed by atoms with van der Waals surface area (Å²) in [5.74, 6) is 1.02. The van der Waals surface area contributed by atoms with Gasteiger partial charge in [-0.1, -0.05) is 13.8 Å². The van der Waals surface area contributed by atoms with E-state index in [1.807, 2.05) is 0 Å². The lowest BCUT2D eigenvalue weighted by atomic mass is 9.82. The quantitative estimate of drug-likeness (QED) is 0.507. The van der Waals surface area contributed by atoms with E-state index < -0.39 is 39.9 Å². The second kappa shape index (κ2) is 7.79. The van der Waals surface area contributed by atoms with Gasteiger partial charge in [0.1, 0.15) is 18.0 Å². The van der Waals surface area contributed by atoms with E-state index in [-0.39, 0.29) is 17.2 Å². The normalized spacial score (nSPS) is 32.4. The van der Waals surface area contributed by atoms with Crippen LogP contribution in [-0.2, 0) is 14.9 Å². The number of rotatable bonds is 7. The summed E-state index contributed by atoms with van der Waals surface area (Å²) in [6.45, 7) is 3.73. The number of ether oxygens (including phenoxy) is 2. The molecule has 3 fully saturated rings. The van der Waals surface area contributed by atoms with E-state index in [4.69, 9.17) is 14.0 Å². The van der Waals surface area contributed by atoms with Crippen molar-refractivity contribution in [1.29, 1.82) is 0 Å². The van der Waals surface area contributed by atoms with Crippen molar-refractivity contribution >= 4 is 16.1 Å². The average Bonchev–Trinajstić information content (AvgIpc) is 3.34. The van der Waals surface area contributed by atoms with Crippen molar-refractivity contribution in [2.75, 3.05) is 12.4 Å². The van der Waals surface area contributed by atoms with Crippen LogP contribution in [0.4, 0.5) is 4.39 Å². The number of carbonyl (C=O) groups excluding carboxylic acids is 1. The molecule has 2 bridgehead atoms. The van der Waals surface area contributed by atoms with E-state index in [9.17, 15) is 17.6 Å². The fourth-order valence-corrected chi connectivity index (χ4v) is 6.26. The van der Waals surface area contributed by atoms with E-state index >= 15 is 0 Å². The zero-order valence-corrected chi connectivity index (χ0v) is 18.2. The third-order valence-electron chi connectivity index (χ3n) is 7.54. The van der Waals surface area contributed by atoms with Crippen LogP contribution in [0.2, 0.25) is 0 Å². The average molecular weight is 441 g/mol. The van der Waals surface area contributed by atoms with Crippen LogP contribution in [0, 0.1) is 35.4 Å². The van der Waals surface area contributed by atoms with Gasteiger partial charge in [-0.05, 0) is 79.9 Å². The van der Waals surface area contributed by atoms with Crippen molar-refractivity contribution in [3.63, 3.8) is 0 Å². The molecule has 3 aliphatic carbocycles. The number of halogens is 1. The van der Waals surface area contributed by atoms with Gasteiger partial charge in [-0.3, -0.25) is 4.55 Å². The molecule has 8 heteroatoms. The summed E-state index contributed by atoms with van der Waals surface area (Å²) in [6, 6.07) is 3.78. The number of hydrogen-bond donors (Lipinski definition) is 1. The molecule has 1 N–H and O–H groups in total. The minimum absolute atomic E-state index is 0.0280. The highest BCUT2D eigenvalue weighted by Gasteiger charge is 2.58. The third-order valence-corrected chi connectivity index (χ3v) is 8.23. The van der Waals surface area contributed by atoms with E-state index in [2.05, 4.69) is 13.8 Å². The van der Waals surface area contributed by atoms with Crippen molar-refractivity contribution in [3.05, 3.63) is 29.6 Å². The zero-order chi connectivity index (χ0) is 21.7. The van der Waals surface area contributed by atoms with Crippen molar-refractivity contribution in [2.24, 2.45) is 29.6 Å². The lowest BCUT2D eigenvalue weighted by Gasteiger charge is -2.36. The van der Waals surface area contributed by atoms with E-state index in [0.29, 0.717) is 11.8 Å². The molecule has 1 aromatic rings. The van der Waals surface area contributed by atoms with Crippen molar-refractivity contribution in [2.45, 2.75) is 51.6 Å². The van der Waals surface area contributed by atoms with E-state index in [1.54, 1.807) is 0 Å². The molecule has 0 aromatic heterocycles. The van der Waals surface area contributed by atoms with Crippen LogP contribution in [-0.4, -0.2) is 36.9 Å². The molecule has 0 saturated heterocycles. The molecule has 166 valence electrons. The summed E-state index contributed by atoms with van der Waals surface area (Å²) < 4.78 is 56.1. The fourth-order valence-electron chi connectivity index (χ4n) is 5.97. The molecule has 1 aromatic carbocycles. The molecule has 0 aliphatic heterocycles. The van der Waals surface area contributed by atoms with Crippen LogP contribution in [0.25, 0.3) is 0 Å². The maximum atomic E-state index is 14.6. The predicted octanol–water partition coefficient (Wildman–Crippen LogP) is 4.10. The van der Waals surface area contributed by atoms with Crippen LogP contribution >= 0.6 is 0 Å². The number of benzene rings is 1. The molecule has 4 unspecified atom stereocenters. The fraction of sp³-hybridized carbons (Fsp3) is 0.682. The smallest absolute Gasteiger partial charge is 0.338 e. The Hall–Kier alpha value is -1.67. The minimum Gasteiger partial charge on any atom is -0.484 e. The Kier molecular flexibility index (Phi) is 5.60. The van der Waals surface area contributed by atoms with Crippen LogP contribution in [0.5, 0.6) is 5.75 Å². The van der Waals surface area contributed by atoms with Gasteiger partial charge < -0.3 is 9.47 Å². The number of fused-ring (bicyclic) bond motifs is 5. The Balaban J connectivity index is 1.50. The first kappa shape index (κ1) is 21.6. The first-order valence-electron chi connectivity index (χ1n) is 10.7. The highest BCUT2D eigenvalue weighted by Crippen LogP contribution is 2.63. The second-order valence-corrected chi connectivity index (χ2v) is 11.0. The lowest BCUT2D eigenvalue weighted by Crippen LogP contribution is -2.40. The van der Waals surface area contributed by atoms with Gasteiger partial charge in [-0.25, -0.2) is 9.18 Å². The topological polar surface area (TPSA) is 89.9 Å². The number of carbonyl (C=O) groups is 1. The van der Waals surface area contributed by atoms with Gasteiger partial charge in [0.05, 0.1) is 5.56 Å². The Morgan fingerprint density at radius 1 is 1.23 bits per heavy atom. The highest BCUT2D eigenvalue weighted by molar-refractivity contribution is 7.85. The first-order chi connectivity index (χ1) is 14.1. The third kappa shape index (κ3) is 4.08. The van der Waals surface area contributed by atoms with Gasteiger partial charge in [-0.15, -0.1) is 0 Å². The monoisotopic (exact) mass is 440 g/mol. The number of hydrogen-bond acceptors (Lipinski definition) is 5. The van der Waals surface area contributed by atoms with Crippen molar-refractivity contribution < 1.29 is 31.6 Å². The summed E-state index contributed by atoms with van der Waals surface area (Å²) >= 11 is 0. The second-order valence-electron chi connectivity index (χ2n) is 9.46. The van der Waals surface area contributed by atoms with Gasteiger partial charge in [0.25, 0.3) is 10.1 Å². The summed E-state index contributed by atoms with van der Waals surface area (Å²) in [5.41, 5.74) is -0.371. The van der Waals surface area contributed by atoms with Gasteiger partial charge in [0, 0.05) is 0 Å². The van der Waals surface area contributed by atoms with E-state index in [0.717, 1.165) is 24.7 Å².